The van der Waals surface area contributed by atoms with Gasteiger partial charge in [-0.1, -0.05) is 11.8 Å². The van der Waals surface area contributed by atoms with E-state index in [4.69, 9.17) is 11.5 Å². The van der Waals surface area contributed by atoms with Gasteiger partial charge in [0.2, 0.25) is 0 Å². The molecule has 1 aliphatic carbocycles. The maximum absolute atomic E-state index is 12.0. The van der Waals surface area contributed by atoms with E-state index in [0.29, 0.717) is 16.7 Å². The van der Waals surface area contributed by atoms with E-state index >= 15 is 0 Å². The smallest absolute Gasteiger partial charge is 0.254 e. The Morgan fingerprint density at radius 3 is 2.67 bits per heavy atom. The Morgan fingerprint density at radius 1 is 1.33 bits per heavy atom. The fourth-order valence-electron chi connectivity index (χ4n) is 2.59. The third-order valence-electron chi connectivity index (χ3n) is 3.74. The molecule has 0 bridgehead atoms. The molecule has 5 N–H and O–H groups in total. The van der Waals surface area contributed by atoms with Crippen LogP contribution in [0.5, 0.6) is 0 Å². The molecule has 0 atom stereocenters. The second-order valence-corrected chi connectivity index (χ2v) is 5.98. The van der Waals surface area contributed by atoms with Crippen molar-refractivity contribution in [3.8, 4) is 0 Å². The summed E-state index contributed by atoms with van der Waals surface area (Å²) in [6.07, 6.45) is 2.74. The summed E-state index contributed by atoms with van der Waals surface area (Å²) in [6, 6.07) is 0. The van der Waals surface area contributed by atoms with Crippen molar-refractivity contribution >= 4 is 11.8 Å². The molecule has 0 fully saturated rings. The van der Waals surface area contributed by atoms with Gasteiger partial charge in [-0.05, 0) is 33.1 Å². The zero-order valence-electron chi connectivity index (χ0n) is 12.6. The highest BCUT2D eigenvalue weighted by Crippen LogP contribution is 2.22. The van der Waals surface area contributed by atoms with Gasteiger partial charge < -0.3 is 21.4 Å². The first-order chi connectivity index (χ1) is 10.1. The van der Waals surface area contributed by atoms with Crippen LogP contribution in [0.1, 0.15) is 31.5 Å². The van der Waals surface area contributed by atoms with Crippen molar-refractivity contribution in [3.05, 3.63) is 33.1 Å². The van der Waals surface area contributed by atoms with Gasteiger partial charge in [-0.15, -0.1) is 0 Å². The Labute approximate surface area is 129 Å². The van der Waals surface area contributed by atoms with Gasteiger partial charge >= 0.3 is 0 Å². The van der Waals surface area contributed by atoms with E-state index in [2.05, 4.69) is 28.7 Å². The molecule has 0 saturated heterocycles. The number of hydrogen-bond acceptors (Lipinski definition) is 6. The first-order valence-electron chi connectivity index (χ1n) is 7.30. The van der Waals surface area contributed by atoms with Crippen molar-refractivity contribution in [2.75, 3.05) is 18.8 Å². The summed E-state index contributed by atoms with van der Waals surface area (Å²) < 4.78 is 0. The predicted octanol–water partition coefficient (Wildman–Crippen LogP) is 0.779. The molecule has 0 radical (unpaired) electrons. The molecule has 6 nitrogen and oxygen atoms in total. The molecule has 21 heavy (non-hydrogen) atoms. The van der Waals surface area contributed by atoms with E-state index in [9.17, 15) is 4.79 Å². The number of hydrogen-bond donors (Lipinski definition) is 3. The average molecular weight is 309 g/mol. The lowest BCUT2D eigenvalue weighted by Crippen LogP contribution is -2.29. The lowest BCUT2D eigenvalue weighted by Gasteiger charge is -2.24. The van der Waals surface area contributed by atoms with E-state index in [-0.39, 0.29) is 5.56 Å². The first-order valence-corrected chi connectivity index (χ1v) is 8.29. The van der Waals surface area contributed by atoms with Gasteiger partial charge in [0.15, 0.2) is 5.16 Å². The van der Waals surface area contributed by atoms with Crippen molar-refractivity contribution in [2.45, 2.75) is 38.3 Å². The molecular formula is C14H23N5OS. The highest BCUT2D eigenvalue weighted by molar-refractivity contribution is 7.99. The molecule has 0 aliphatic heterocycles. The Morgan fingerprint density at radius 2 is 2.05 bits per heavy atom. The highest BCUT2D eigenvalue weighted by atomic mass is 32.2. The molecule has 1 aromatic rings. The SMILES string of the molecule is CCN(CC)C(CSc1nc2c(c(=O)[nH]1)CCC2)=C(N)N. The number of thioether (sulfide) groups is 1. The number of nitrogens with two attached hydrogens (primary N) is 2. The Hall–Kier alpha value is -1.63. The molecule has 116 valence electrons. The molecule has 1 aromatic heterocycles. The van der Waals surface area contributed by atoms with Gasteiger partial charge in [-0.2, -0.15) is 0 Å². The van der Waals surface area contributed by atoms with Gasteiger partial charge in [0.1, 0.15) is 5.82 Å². The number of aromatic nitrogens is 2. The van der Waals surface area contributed by atoms with Gasteiger partial charge in [0, 0.05) is 24.4 Å². The molecule has 1 aliphatic rings. The second-order valence-electron chi connectivity index (χ2n) is 5.01. The van der Waals surface area contributed by atoms with Crippen LogP contribution in [0, 0.1) is 0 Å². The maximum Gasteiger partial charge on any atom is 0.254 e. The molecule has 0 aromatic carbocycles. The van der Waals surface area contributed by atoms with Gasteiger partial charge in [0.25, 0.3) is 5.56 Å². The van der Waals surface area contributed by atoms with E-state index < -0.39 is 0 Å². The molecule has 0 spiro atoms. The van der Waals surface area contributed by atoms with Crippen LogP contribution >= 0.6 is 11.8 Å². The van der Waals surface area contributed by atoms with Crippen LogP contribution in [0.25, 0.3) is 0 Å². The Balaban J connectivity index is 2.14. The van der Waals surface area contributed by atoms with Crippen LogP contribution in [0.3, 0.4) is 0 Å². The molecule has 0 unspecified atom stereocenters. The van der Waals surface area contributed by atoms with Crippen LogP contribution in [0.4, 0.5) is 0 Å². The summed E-state index contributed by atoms with van der Waals surface area (Å²) in [7, 11) is 0. The fraction of sp³-hybridized carbons (Fsp3) is 0.571. The standard InChI is InChI=1S/C14H23N5OS/c1-3-19(4-2)11(12(15)16)8-21-14-17-10-7-5-6-9(10)13(20)18-14/h3-8,15-16H2,1-2H3,(H,17,18,20). The van der Waals surface area contributed by atoms with E-state index in [1.807, 2.05) is 0 Å². The molecular weight excluding hydrogens is 286 g/mol. The number of aryl methyl sites for hydroxylation is 1. The summed E-state index contributed by atoms with van der Waals surface area (Å²) in [4.78, 5) is 21.5. The van der Waals surface area contributed by atoms with E-state index in [0.717, 1.165) is 49.3 Å². The van der Waals surface area contributed by atoms with Crippen molar-refractivity contribution in [2.24, 2.45) is 11.5 Å². The minimum absolute atomic E-state index is 0.00547. The van der Waals surface area contributed by atoms with Crippen molar-refractivity contribution < 1.29 is 0 Å². The monoisotopic (exact) mass is 309 g/mol. The van der Waals surface area contributed by atoms with Crippen LogP contribution in [0.15, 0.2) is 21.5 Å². The number of aromatic amines is 1. The van der Waals surface area contributed by atoms with Gasteiger partial charge in [-0.3, -0.25) is 4.79 Å². The quantitative estimate of drug-likeness (QED) is 0.530. The topological polar surface area (TPSA) is 101 Å². The largest absolute Gasteiger partial charge is 0.384 e. The highest BCUT2D eigenvalue weighted by Gasteiger charge is 2.18. The Bertz CT molecular complexity index is 588. The van der Waals surface area contributed by atoms with Crippen molar-refractivity contribution in [1.29, 1.82) is 0 Å². The van der Waals surface area contributed by atoms with Crippen molar-refractivity contribution in [1.82, 2.24) is 14.9 Å². The fourth-order valence-corrected chi connectivity index (χ4v) is 3.55. The van der Waals surface area contributed by atoms with Crippen LogP contribution in [-0.2, 0) is 12.8 Å². The normalized spacial score (nSPS) is 13.0. The number of fused-ring (bicyclic) bond motifs is 1. The zero-order valence-corrected chi connectivity index (χ0v) is 13.4. The summed E-state index contributed by atoms with van der Waals surface area (Å²) in [5.41, 5.74) is 14.2. The number of H-pyrrole nitrogens is 1. The summed E-state index contributed by atoms with van der Waals surface area (Å²) in [5.74, 6) is 0.931. The van der Waals surface area contributed by atoms with Gasteiger partial charge in [0.05, 0.1) is 11.4 Å². The van der Waals surface area contributed by atoms with Crippen LogP contribution in [0.2, 0.25) is 0 Å². The predicted molar refractivity (Wildman–Crippen MR) is 85.9 cm³/mol. The molecule has 0 saturated carbocycles. The number of rotatable bonds is 6. The summed E-state index contributed by atoms with van der Waals surface area (Å²) >= 11 is 1.47. The zero-order chi connectivity index (χ0) is 15.4. The van der Waals surface area contributed by atoms with Gasteiger partial charge in [-0.25, -0.2) is 4.98 Å². The Kier molecular flexibility index (Phi) is 5.17. The lowest BCUT2D eigenvalue weighted by atomic mass is 10.3. The molecule has 2 rings (SSSR count). The van der Waals surface area contributed by atoms with Crippen molar-refractivity contribution in [3.63, 3.8) is 0 Å². The van der Waals surface area contributed by atoms with Crippen LogP contribution < -0.4 is 17.0 Å². The molecule has 7 heteroatoms. The summed E-state index contributed by atoms with van der Waals surface area (Å²) in [6.45, 7) is 5.82. The lowest BCUT2D eigenvalue weighted by molar-refractivity contribution is 0.380. The van der Waals surface area contributed by atoms with Crippen LogP contribution in [-0.4, -0.2) is 33.7 Å². The molecule has 0 amide bonds. The number of nitrogens with one attached hydrogen (secondary N) is 1. The van der Waals surface area contributed by atoms with E-state index in [1.54, 1.807) is 0 Å². The minimum atomic E-state index is -0.00547. The number of nitrogens with zero attached hydrogens (tertiary/aromatic N) is 2. The molecule has 1 heterocycles. The van der Waals surface area contributed by atoms with E-state index in [1.165, 1.54) is 11.8 Å². The third kappa shape index (κ3) is 3.53. The minimum Gasteiger partial charge on any atom is -0.384 e. The third-order valence-corrected chi connectivity index (χ3v) is 4.63. The second kappa shape index (κ2) is 6.89. The maximum atomic E-state index is 12.0. The first kappa shape index (κ1) is 15.8. The average Bonchev–Trinajstić information content (AvgIpc) is 2.92. The summed E-state index contributed by atoms with van der Waals surface area (Å²) in [5, 5.41) is 0.645.